The highest BCUT2D eigenvalue weighted by Gasteiger charge is 2.38. The molecule has 0 bridgehead atoms. The van der Waals surface area contributed by atoms with Gasteiger partial charge in [0, 0.05) is 12.2 Å². The van der Waals surface area contributed by atoms with Crippen molar-refractivity contribution < 1.29 is 14.7 Å². The lowest BCUT2D eigenvalue weighted by Crippen LogP contribution is -2.44. The van der Waals surface area contributed by atoms with Crippen molar-refractivity contribution in [2.75, 3.05) is 12.3 Å². The van der Waals surface area contributed by atoms with Crippen molar-refractivity contribution in [1.29, 1.82) is 0 Å². The Labute approximate surface area is 106 Å². The Morgan fingerprint density at radius 1 is 1.41 bits per heavy atom. The molecule has 1 amide bonds. The van der Waals surface area contributed by atoms with E-state index in [2.05, 4.69) is 0 Å². The van der Waals surface area contributed by atoms with Gasteiger partial charge >= 0.3 is 5.97 Å². The lowest BCUT2D eigenvalue weighted by Gasteiger charge is -2.25. The molecule has 1 saturated heterocycles. The van der Waals surface area contributed by atoms with E-state index in [1.165, 1.54) is 16.7 Å². The molecule has 0 radical (unpaired) electrons. The molecule has 98 valence electrons. The van der Waals surface area contributed by atoms with E-state index >= 15 is 0 Å². The van der Waals surface area contributed by atoms with Crippen LogP contribution in [0.4, 0.5) is 0 Å². The number of unbranched alkanes of at least 4 members (excludes halogenated alkanes) is 2. The molecule has 1 rings (SSSR count). The van der Waals surface area contributed by atoms with Crippen LogP contribution in [0.3, 0.4) is 0 Å². The molecular weight excluding hydrogens is 240 g/mol. The van der Waals surface area contributed by atoms with E-state index in [1.54, 1.807) is 0 Å². The SMILES string of the molecule is CC1SCC(C(=O)O)N1C(=O)CCCCCN. The molecular formula is C11H20N2O3S. The van der Waals surface area contributed by atoms with Gasteiger partial charge in [-0.2, -0.15) is 0 Å². The van der Waals surface area contributed by atoms with Gasteiger partial charge in [0.25, 0.3) is 0 Å². The van der Waals surface area contributed by atoms with Gasteiger partial charge in [-0.15, -0.1) is 11.8 Å². The van der Waals surface area contributed by atoms with Crippen LogP contribution in [0.15, 0.2) is 0 Å². The Morgan fingerprint density at radius 3 is 2.71 bits per heavy atom. The van der Waals surface area contributed by atoms with E-state index in [-0.39, 0.29) is 11.3 Å². The third-order valence-corrected chi connectivity index (χ3v) is 4.11. The summed E-state index contributed by atoms with van der Waals surface area (Å²) >= 11 is 1.52. The zero-order valence-corrected chi connectivity index (χ0v) is 10.9. The summed E-state index contributed by atoms with van der Waals surface area (Å²) < 4.78 is 0. The molecule has 0 spiro atoms. The normalized spacial score (nSPS) is 24.0. The number of carboxylic acids is 1. The molecule has 6 heteroatoms. The van der Waals surface area contributed by atoms with E-state index < -0.39 is 12.0 Å². The number of nitrogens with two attached hydrogens (primary N) is 1. The largest absolute Gasteiger partial charge is 0.480 e. The van der Waals surface area contributed by atoms with Crippen molar-refractivity contribution >= 4 is 23.6 Å². The lowest BCUT2D eigenvalue weighted by molar-refractivity contribution is -0.148. The first-order valence-corrected chi connectivity index (χ1v) is 6.98. The topological polar surface area (TPSA) is 83.6 Å². The second-order valence-electron chi connectivity index (χ2n) is 4.19. The summed E-state index contributed by atoms with van der Waals surface area (Å²) in [5, 5.41) is 9.01. The molecule has 1 heterocycles. The molecule has 17 heavy (non-hydrogen) atoms. The van der Waals surface area contributed by atoms with Gasteiger partial charge < -0.3 is 15.7 Å². The highest BCUT2D eigenvalue weighted by molar-refractivity contribution is 8.00. The van der Waals surface area contributed by atoms with Gasteiger partial charge in [-0.1, -0.05) is 6.42 Å². The predicted octanol–water partition coefficient (Wildman–Crippen LogP) is 0.880. The summed E-state index contributed by atoms with van der Waals surface area (Å²) in [6.45, 7) is 2.52. The van der Waals surface area contributed by atoms with Crippen LogP contribution < -0.4 is 5.73 Å². The van der Waals surface area contributed by atoms with Crippen LogP contribution in [0.5, 0.6) is 0 Å². The van der Waals surface area contributed by atoms with Crippen LogP contribution in [0.2, 0.25) is 0 Å². The van der Waals surface area contributed by atoms with Crippen molar-refractivity contribution in [2.45, 2.75) is 44.0 Å². The molecule has 3 N–H and O–H groups in total. The molecule has 2 unspecified atom stereocenters. The van der Waals surface area contributed by atoms with Gasteiger partial charge in [0.1, 0.15) is 6.04 Å². The Kier molecular flexibility index (Phi) is 5.77. The quantitative estimate of drug-likeness (QED) is 0.693. The third-order valence-electron chi connectivity index (χ3n) is 2.89. The number of aliphatic carboxylic acids is 1. The van der Waals surface area contributed by atoms with Crippen molar-refractivity contribution in [3.63, 3.8) is 0 Å². The maximum Gasteiger partial charge on any atom is 0.327 e. The molecule has 1 aliphatic rings. The average molecular weight is 260 g/mol. The molecule has 0 aromatic heterocycles. The molecule has 0 saturated carbocycles. The van der Waals surface area contributed by atoms with Crippen LogP contribution in [0.1, 0.15) is 32.6 Å². The maximum absolute atomic E-state index is 12.0. The standard InChI is InChI=1S/C11H20N2O3S/c1-8-13(9(7-17-8)11(15)16)10(14)5-3-2-4-6-12/h8-9H,2-7,12H2,1H3,(H,15,16). The highest BCUT2D eigenvalue weighted by atomic mass is 32.2. The van der Waals surface area contributed by atoms with Crippen LogP contribution in [0.25, 0.3) is 0 Å². The molecule has 1 fully saturated rings. The maximum atomic E-state index is 12.0. The Balaban J connectivity index is 2.45. The fraction of sp³-hybridized carbons (Fsp3) is 0.818. The summed E-state index contributed by atoms with van der Waals surface area (Å²) in [6, 6.07) is -0.656. The molecule has 0 aromatic rings. The van der Waals surface area contributed by atoms with Gasteiger partial charge in [0.2, 0.25) is 5.91 Å². The van der Waals surface area contributed by atoms with Crippen molar-refractivity contribution in [3.8, 4) is 0 Å². The first-order valence-electron chi connectivity index (χ1n) is 5.93. The van der Waals surface area contributed by atoms with Gasteiger partial charge in [-0.05, 0) is 26.3 Å². The second kappa shape index (κ2) is 6.86. The summed E-state index contributed by atoms with van der Waals surface area (Å²) in [5.41, 5.74) is 5.37. The summed E-state index contributed by atoms with van der Waals surface area (Å²) in [7, 11) is 0. The minimum Gasteiger partial charge on any atom is -0.480 e. The van der Waals surface area contributed by atoms with Crippen molar-refractivity contribution in [2.24, 2.45) is 5.73 Å². The summed E-state index contributed by atoms with van der Waals surface area (Å²) in [4.78, 5) is 24.5. The van der Waals surface area contributed by atoms with Gasteiger partial charge in [-0.25, -0.2) is 4.79 Å². The van der Waals surface area contributed by atoms with E-state index in [0.717, 1.165) is 19.3 Å². The van der Waals surface area contributed by atoms with Crippen molar-refractivity contribution in [1.82, 2.24) is 4.90 Å². The smallest absolute Gasteiger partial charge is 0.327 e. The van der Waals surface area contributed by atoms with E-state index in [4.69, 9.17) is 10.8 Å². The average Bonchev–Trinajstić information content (AvgIpc) is 2.66. The minimum absolute atomic E-state index is 0.0295. The fourth-order valence-corrected chi connectivity index (χ4v) is 3.13. The number of rotatable bonds is 6. The lowest BCUT2D eigenvalue weighted by atomic mass is 10.1. The predicted molar refractivity (Wildman–Crippen MR) is 67.7 cm³/mol. The van der Waals surface area contributed by atoms with Crippen LogP contribution in [0, 0.1) is 0 Å². The molecule has 2 atom stereocenters. The number of hydrogen-bond donors (Lipinski definition) is 2. The molecule has 0 aliphatic carbocycles. The van der Waals surface area contributed by atoms with Crippen LogP contribution in [-0.2, 0) is 9.59 Å². The monoisotopic (exact) mass is 260 g/mol. The molecule has 5 nitrogen and oxygen atoms in total. The Hall–Kier alpha value is -0.750. The zero-order valence-electron chi connectivity index (χ0n) is 10.1. The number of amides is 1. The number of carbonyl (C=O) groups is 2. The number of carboxylic acid groups (broad SMARTS) is 1. The van der Waals surface area contributed by atoms with Gasteiger partial charge in [-0.3, -0.25) is 4.79 Å². The van der Waals surface area contributed by atoms with Crippen molar-refractivity contribution in [3.05, 3.63) is 0 Å². The number of hydrogen-bond acceptors (Lipinski definition) is 4. The van der Waals surface area contributed by atoms with Crippen LogP contribution in [-0.4, -0.2) is 45.6 Å². The summed E-state index contributed by atoms with van der Waals surface area (Å²) in [5.74, 6) is -0.463. The molecule has 0 aromatic carbocycles. The zero-order chi connectivity index (χ0) is 12.8. The molecule has 1 aliphatic heterocycles. The summed E-state index contributed by atoms with van der Waals surface area (Å²) in [6.07, 6.45) is 3.06. The van der Waals surface area contributed by atoms with E-state index in [1.807, 2.05) is 6.92 Å². The fourth-order valence-electron chi connectivity index (χ4n) is 1.94. The number of nitrogens with zero attached hydrogens (tertiary/aromatic N) is 1. The van der Waals surface area contributed by atoms with E-state index in [0.29, 0.717) is 18.7 Å². The Bertz CT molecular complexity index is 286. The minimum atomic E-state index is -0.905. The second-order valence-corrected chi connectivity index (χ2v) is 5.54. The van der Waals surface area contributed by atoms with Gasteiger partial charge in [0.05, 0.1) is 5.37 Å². The first kappa shape index (κ1) is 14.3. The highest BCUT2D eigenvalue weighted by Crippen LogP contribution is 2.29. The number of carbonyl (C=O) groups excluding carboxylic acids is 1. The van der Waals surface area contributed by atoms with E-state index in [9.17, 15) is 9.59 Å². The van der Waals surface area contributed by atoms with Crippen LogP contribution >= 0.6 is 11.8 Å². The van der Waals surface area contributed by atoms with Gasteiger partial charge in [0.15, 0.2) is 0 Å². The Morgan fingerprint density at radius 2 is 2.12 bits per heavy atom. The number of thioether (sulfide) groups is 1. The third kappa shape index (κ3) is 3.89. The first-order chi connectivity index (χ1) is 8.07.